The molecule has 1 aromatic carbocycles. The molecule has 1 aromatic heterocycles. The number of carbonyl (C=O) groups excluding carboxylic acids is 3. The number of rotatable bonds is 7. The molecule has 2 amide bonds. The summed E-state index contributed by atoms with van der Waals surface area (Å²) in [5.74, 6) is -0.686. The zero-order valence-corrected chi connectivity index (χ0v) is 17.9. The van der Waals surface area contributed by atoms with E-state index in [-0.39, 0.29) is 19.0 Å². The molecule has 0 aliphatic rings. The number of amides is 2. The van der Waals surface area contributed by atoms with E-state index in [0.717, 1.165) is 0 Å². The maximum atomic E-state index is 12.3. The van der Waals surface area contributed by atoms with Gasteiger partial charge in [-0.15, -0.1) is 0 Å². The molecule has 0 aliphatic carbocycles. The van der Waals surface area contributed by atoms with Gasteiger partial charge in [-0.1, -0.05) is 0 Å². The number of nitrogens with one attached hydrogen (secondary N) is 2. The van der Waals surface area contributed by atoms with Crippen molar-refractivity contribution in [2.45, 2.75) is 40.2 Å². The highest BCUT2D eigenvalue weighted by Gasteiger charge is 2.17. The summed E-state index contributed by atoms with van der Waals surface area (Å²) in [6.45, 7) is 9.66. The van der Waals surface area contributed by atoms with Gasteiger partial charge in [0, 0.05) is 18.7 Å². The zero-order chi connectivity index (χ0) is 22.3. The van der Waals surface area contributed by atoms with Crippen molar-refractivity contribution in [1.82, 2.24) is 20.4 Å². The van der Waals surface area contributed by atoms with Gasteiger partial charge in [-0.3, -0.25) is 4.79 Å². The molecule has 9 nitrogen and oxygen atoms in total. The van der Waals surface area contributed by atoms with Crippen LogP contribution in [0.15, 0.2) is 30.5 Å². The molecule has 0 bridgehead atoms. The summed E-state index contributed by atoms with van der Waals surface area (Å²) in [7, 11) is 0. The van der Waals surface area contributed by atoms with Crippen molar-refractivity contribution in [1.29, 1.82) is 0 Å². The van der Waals surface area contributed by atoms with Crippen molar-refractivity contribution < 1.29 is 23.9 Å². The molecule has 30 heavy (non-hydrogen) atoms. The fourth-order valence-corrected chi connectivity index (χ4v) is 2.59. The Morgan fingerprint density at radius 1 is 1.07 bits per heavy atom. The quantitative estimate of drug-likeness (QED) is 0.530. The average molecular weight is 416 g/mol. The Hall–Kier alpha value is -3.36. The Morgan fingerprint density at radius 2 is 1.70 bits per heavy atom. The number of ether oxygens (including phenoxy) is 2. The van der Waals surface area contributed by atoms with Gasteiger partial charge in [-0.25, -0.2) is 14.3 Å². The minimum absolute atomic E-state index is 0.252. The van der Waals surface area contributed by atoms with Crippen molar-refractivity contribution in [2.24, 2.45) is 0 Å². The fraction of sp³-hybridized carbons (Fsp3) is 0.429. The summed E-state index contributed by atoms with van der Waals surface area (Å²) in [6.07, 6.45) is 0.934. The summed E-state index contributed by atoms with van der Waals surface area (Å²) < 4.78 is 11.7. The highest BCUT2D eigenvalue weighted by molar-refractivity contribution is 5.94. The molecule has 2 rings (SSSR count). The van der Waals surface area contributed by atoms with Crippen molar-refractivity contribution in [3.63, 3.8) is 0 Å². The van der Waals surface area contributed by atoms with Crippen LogP contribution in [0.4, 0.5) is 4.79 Å². The summed E-state index contributed by atoms with van der Waals surface area (Å²) in [6, 6.07) is 6.81. The molecular weight excluding hydrogens is 388 g/mol. The van der Waals surface area contributed by atoms with Crippen LogP contribution in [0, 0.1) is 6.92 Å². The molecule has 0 unspecified atom stereocenters. The van der Waals surface area contributed by atoms with Crippen LogP contribution in [0.3, 0.4) is 0 Å². The summed E-state index contributed by atoms with van der Waals surface area (Å²) >= 11 is 0. The Labute approximate surface area is 175 Å². The largest absolute Gasteiger partial charge is 0.462 e. The van der Waals surface area contributed by atoms with E-state index in [1.54, 1.807) is 63.6 Å². The third-order valence-corrected chi connectivity index (χ3v) is 3.96. The molecule has 0 saturated carbocycles. The lowest BCUT2D eigenvalue weighted by molar-refractivity contribution is 0.0516. The van der Waals surface area contributed by atoms with Crippen molar-refractivity contribution in [3.8, 4) is 5.69 Å². The molecule has 2 aromatic rings. The number of hydrogen-bond donors (Lipinski definition) is 2. The van der Waals surface area contributed by atoms with E-state index in [9.17, 15) is 14.4 Å². The molecule has 0 radical (unpaired) electrons. The van der Waals surface area contributed by atoms with Crippen LogP contribution < -0.4 is 10.6 Å². The molecule has 0 saturated heterocycles. The second-order valence-electron chi connectivity index (χ2n) is 7.51. The van der Waals surface area contributed by atoms with Crippen LogP contribution >= 0.6 is 0 Å². The van der Waals surface area contributed by atoms with E-state index in [4.69, 9.17) is 9.47 Å². The first-order chi connectivity index (χ1) is 14.1. The summed E-state index contributed by atoms with van der Waals surface area (Å²) in [5.41, 5.74) is 1.66. The van der Waals surface area contributed by atoms with Crippen LogP contribution in [0.2, 0.25) is 0 Å². The molecule has 0 atom stereocenters. The van der Waals surface area contributed by atoms with Gasteiger partial charge in [0.25, 0.3) is 5.91 Å². The lowest BCUT2D eigenvalue weighted by atomic mass is 10.2. The SMILES string of the molecule is CCOC(=O)c1cnn(-c2ccc(C(=O)NCCNC(=O)OC(C)(C)C)cc2)c1C. The third kappa shape index (κ3) is 6.33. The van der Waals surface area contributed by atoms with E-state index in [0.29, 0.717) is 29.1 Å². The Bertz CT molecular complexity index is 897. The van der Waals surface area contributed by atoms with Crippen LogP contribution in [-0.4, -0.2) is 53.0 Å². The predicted molar refractivity (Wildman–Crippen MR) is 111 cm³/mol. The first kappa shape index (κ1) is 22.9. The molecular formula is C21H28N4O5. The lowest BCUT2D eigenvalue weighted by Gasteiger charge is -2.19. The predicted octanol–water partition coefficient (Wildman–Crippen LogP) is 2.61. The number of benzene rings is 1. The molecule has 1 heterocycles. The van der Waals surface area contributed by atoms with Gasteiger partial charge < -0.3 is 20.1 Å². The lowest BCUT2D eigenvalue weighted by Crippen LogP contribution is -2.37. The van der Waals surface area contributed by atoms with E-state index in [1.165, 1.54) is 6.20 Å². The van der Waals surface area contributed by atoms with Gasteiger partial charge in [0.15, 0.2) is 0 Å². The maximum Gasteiger partial charge on any atom is 0.407 e. The first-order valence-electron chi connectivity index (χ1n) is 9.69. The fourth-order valence-electron chi connectivity index (χ4n) is 2.59. The standard InChI is InChI=1S/C21H28N4O5/c1-6-29-19(27)17-13-24-25(14(17)2)16-9-7-15(8-10-16)18(26)22-11-12-23-20(28)30-21(3,4)5/h7-10,13H,6,11-12H2,1-5H3,(H,22,26)(H,23,28). The minimum atomic E-state index is -0.570. The van der Waals surface area contributed by atoms with Gasteiger partial charge in [0.2, 0.25) is 0 Å². The van der Waals surface area contributed by atoms with Gasteiger partial charge in [0.1, 0.15) is 11.2 Å². The van der Waals surface area contributed by atoms with Crippen molar-refractivity contribution >= 4 is 18.0 Å². The topological polar surface area (TPSA) is 112 Å². The number of esters is 1. The Kier molecular flexibility index (Phi) is 7.57. The average Bonchev–Trinajstić information content (AvgIpc) is 3.05. The van der Waals surface area contributed by atoms with E-state index < -0.39 is 17.7 Å². The van der Waals surface area contributed by atoms with Gasteiger partial charge in [-0.05, 0) is 58.9 Å². The van der Waals surface area contributed by atoms with Crippen LogP contribution in [0.1, 0.15) is 54.1 Å². The number of hydrogen-bond acceptors (Lipinski definition) is 6. The molecule has 9 heteroatoms. The smallest absolute Gasteiger partial charge is 0.407 e. The van der Waals surface area contributed by atoms with E-state index in [2.05, 4.69) is 15.7 Å². The normalized spacial score (nSPS) is 11.0. The van der Waals surface area contributed by atoms with Crippen LogP contribution in [0.25, 0.3) is 5.69 Å². The van der Waals surface area contributed by atoms with Gasteiger partial charge in [0.05, 0.1) is 24.2 Å². The zero-order valence-electron chi connectivity index (χ0n) is 17.9. The van der Waals surface area contributed by atoms with E-state index >= 15 is 0 Å². The summed E-state index contributed by atoms with van der Waals surface area (Å²) in [5, 5.41) is 9.54. The van der Waals surface area contributed by atoms with Crippen molar-refractivity contribution in [3.05, 3.63) is 47.3 Å². The number of aromatic nitrogens is 2. The highest BCUT2D eigenvalue weighted by atomic mass is 16.6. The second kappa shape index (κ2) is 9.91. The number of carbonyl (C=O) groups is 3. The molecule has 0 fully saturated rings. The Balaban J connectivity index is 1.91. The third-order valence-electron chi connectivity index (χ3n) is 3.96. The maximum absolute atomic E-state index is 12.3. The first-order valence-corrected chi connectivity index (χ1v) is 9.69. The molecule has 2 N–H and O–H groups in total. The number of alkyl carbamates (subject to hydrolysis) is 1. The van der Waals surface area contributed by atoms with E-state index in [1.807, 2.05) is 0 Å². The molecule has 0 spiro atoms. The molecule has 162 valence electrons. The minimum Gasteiger partial charge on any atom is -0.462 e. The van der Waals surface area contributed by atoms with Crippen molar-refractivity contribution in [2.75, 3.05) is 19.7 Å². The number of nitrogens with zero attached hydrogens (tertiary/aromatic N) is 2. The van der Waals surface area contributed by atoms with Crippen LogP contribution in [-0.2, 0) is 9.47 Å². The monoisotopic (exact) mass is 416 g/mol. The van der Waals surface area contributed by atoms with Gasteiger partial charge in [-0.2, -0.15) is 5.10 Å². The Morgan fingerprint density at radius 3 is 2.30 bits per heavy atom. The van der Waals surface area contributed by atoms with Gasteiger partial charge >= 0.3 is 12.1 Å². The molecule has 0 aliphatic heterocycles. The summed E-state index contributed by atoms with van der Waals surface area (Å²) in [4.78, 5) is 35.8. The second-order valence-corrected chi connectivity index (χ2v) is 7.51. The van der Waals surface area contributed by atoms with Crippen LogP contribution in [0.5, 0.6) is 0 Å². The highest BCUT2D eigenvalue weighted by Crippen LogP contribution is 2.16.